The van der Waals surface area contributed by atoms with Crippen LogP contribution in [0.2, 0.25) is 0 Å². The number of hydrogen-bond acceptors (Lipinski definition) is 5. The SMILES string of the molecule is N#C[I+]C#N.O=S(=O)([O-])C(F)(F)F. The second-order valence-electron chi connectivity index (χ2n) is 1.16. The Balaban J connectivity index is 0. The molecule has 0 fully saturated rings. The first kappa shape index (κ1) is 14.9. The minimum Gasteiger partial charge on any atom is -0.741 e. The third-order valence-electron chi connectivity index (χ3n) is 0.368. The molecule has 0 rings (SSSR count). The van der Waals surface area contributed by atoms with E-state index in [0.29, 0.717) is 0 Å². The molecule has 0 aromatic carbocycles. The molecule has 13 heavy (non-hydrogen) atoms. The van der Waals surface area contributed by atoms with Gasteiger partial charge in [-0.1, -0.05) is 0 Å². The lowest BCUT2D eigenvalue weighted by Crippen LogP contribution is -3.57. The molecule has 0 saturated heterocycles. The fourth-order valence-corrected chi connectivity index (χ4v) is 0.127. The topological polar surface area (TPSA) is 105 Å². The molecule has 0 aromatic rings. The van der Waals surface area contributed by atoms with E-state index in [-0.39, 0.29) is 0 Å². The van der Waals surface area contributed by atoms with Crippen LogP contribution in [0.25, 0.3) is 0 Å². The van der Waals surface area contributed by atoms with Gasteiger partial charge in [-0.15, -0.1) is 10.5 Å². The lowest BCUT2D eigenvalue weighted by atomic mass is 11.6. The molecule has 0 bridgehead atoms. The summed E-state index contributed by atoms with van der Waals surface area (Å²) in [5.74, 6) is 0. The predicted octanol–water partition coefficient (Wildman–Crippen LogP) is -2.91. The Morgan fingerprint density at radius 3 is 1.46 bits per heavy atom. The van der Waals surface area contributed by atoms with E-state index >= 15 is 0 Å². The van der Waals surface area contributed by atoms with Crippen LogP contribution in [0.5, 0.6) is 0 Å². The van der Waals surface area contributed by atoms with E-state index in [2.05, 4.69) is 0 Å². The van der Waals surface area contributed by atoms with Crippen LogP contribution in [0.3, 0.4) is 0 Å². The summed E-state index contributed by atoms with van der Waals surface area (Å²) in [5.41, 5.74) is -5.65. The molecule has 0 heterocycles. The second kappa shape index (κ2) is 5.95. The van der Waals surface area contributed by atoms with E-state index in [9.17, 15) is 13.2 Å². The Hall–Kier alpha value is -0.590. The zero-order valence-electron chi connectivity index (χ0n) is 5.54. The summed E-state index contributed by atoms with van der Waals surface area (Å²) >= 11 is -0.758. The highest BCUT2D eigenvalue weighted by Gasteiger charge is 2.36. The van der Waals surface area contributed by atoms with Gasteiger partial charge in [0.15, 0.2) is 10.1 Å². The van der Waals surface area contributed by atoms with Crippen molar-refractivity contribution in [2.24, 2.45) is 0 Å². The van der Waals surface area contributed by atoms with Crippen LogP contribution >= 0.6 is 0 Å². The third-order valence-corrected chi connectivity index (χ3v) is 1.42. The van der Waals surface area contributed by atoms with Crippen LogP contribution in [-0.2, 0) is 10.1 Å². The molecule has 0 spiro atoms. The van der Waals surface area contributed by atoms with Gasteiger partial charge in [0.1, 0.15) is 0 Å². The Morgan fingerprint density at radius 2 is 1.46 bits per heavy atom. The van der Waals surface area contributed by atoms with Crippen LogP contribution < -0.4 is 21.2 Å². The maximum absolute atomic E-state index is 10.7. The molecule has 0 aliphatic carbocycles. The van der Waals surface area contributed by atoms with Crippen molar-refractivity contribution in [3.05, 3.63) is 0 Å². The number of hydrogen-bond donors (Lipinski definition) is 0. The summed E-state index contributed by atoms with van der Waals surface area (Å²) in [7, 11) is -6.09. The van der Waals surface area contributed by atoms with Crippen LogP contribution in [0.15, 0.2) is 0 Å². The third kappa shape index (κ3) is 9.32. The van der Waals surface area contributed by atoms with Crippen molar-refractivity contribution < 1.29 is 47.3 Å². The zero-order valence-corrected chi connectivity index (χ0v) is 8.51. The Kier molecular flexibility index (Phi) is 6.83. The van der Waals surface area contributed by atoms with Crippen LogP contribution in [0, 0.1) is 18.7 Å². The normalized spacial score (nSPS) is 10.3. The van der Waals surface area contributed by atoms with Gasteiger partial charge >= 0.3 is 34.9 Å². The minimum atomic E-state index is -6.09. The lowest BCUT2D eigenvalue weighted by Gasteiger charge is -2.08. The molecule has 0 aromatic heterocycles. The maximum atomic E-state index is 10.7. The standard InChI is InChI=1S/C2IN2.CHF3O3S/c4-1-3-2-5;2-1(3,4)8(5,6)7/h;(H,5,6,7)/q+1;/p-1. The second-order valence-corrected chi connectivity index (χ2v) is 4.04. The van der Waals surface area contributed by atoms with Gasteiger partial charge in [-0.3, -0.25) is 0 Å². The molecule has 0 radical (unpaired) electrons. The highest BCUT2D eigenvalue weighted by Crippen LogP contribution is 2.20. The molecular weight excluding hydrogens is 328 g/mol. The molecule has 0 aliphatic heterocycles. The van der Waals surface area contributed by atoms with Crippen molar-refractivity contribution in [3.63, 3.8) is 0 Å². The fourth-order valence-electron chi connectivity index (χ4n) is 0.0189. The van der Waals surface area contributed by atoms with Gasteiger partial charge in [-0.2, -0.15) is 13.2 Å². The highest BCUT2D eigenvalue weighted by atomic mass is 127. The molecule has 5 nitrogen and oxygen atoms in total. The van der Waals surface area contributed by atoms with Crippen LogP contribution in [-0.4, -0.2) is 18.5 Å². The van der Waals surface area contributed by atoms with Crippen LogP contribution in [0.1, 0.15) is 0 Å². The van der Waals surface area contributed by atoms with E-state index in [0.717, 1.165) is 0 Å². The smallest absolute Gasteiger partial charge is 0.541 e. The quantitative estimate of drug-likeness (QED) is 0.269. The van der Waals surface area contributed by atoms with Crippen molar-refractivity contribution in [1.82, 2.24) is 0 Å². The average Bonchev–Trinajstić information content (AvgIpc) is 1.85. The van der Waals surface area contributed by atoms with Crippen LogP contribution in [0.4, 0.5) is 13.2 Å². The average molecular weight is 328 g/mol. The van der Waals surface area contributed by atoms with Gasteiger partial charge in [0, 0.05) is 0 Å². The Labute approximate surface area is 81.8 Å². The summed E-state index contributed by atoms with van der Waals surface area (Å²) in [6.45, 7) is 0. The van der Waals surface area contributed by atoms with Gasteiger partial charge in [0.2, 0.25) is 0 Å². The highest BCUT2D eigenvalue weighted by molar-refractivity contribution is 7.86. The molecule has 0 atom stereocenters. The van der Waals surface area contributed by atoms with Gasteiger partial charge < -0.3 is 4.55 Å². The fraction of sp³-hybridized carbons (Fsp3) is 0.333. The molecule has 10 heteroatoms. The lowest BCUT2D eigenvalue weighted by molar-refractivity contribution is -0.475. The monoisotopic (exact) mass is 328 g/mol. The van der Waals surface area contributed by atoms with Gasteiger partial charge in [-0.25, -0.2) is 8.42 Å². The summed E-state index contributed by atoms with van der Waals surface area (Å²) < 4.78 is 62.4. The van der Waals surface area contributed by atoms with E-state index in [1.807, 2.05) is 0 Å². The number of rotatable bonds is 0. The van der Waals surface area contributed by atoms with E-state index in [4.69, 9.17) is 23.5 Å². The largest absolute Gasteiger partial charge is 0.741 e. The van der Waals surface area contributed by atoms with Crippen molar-refractivity contribution >= 4 is 10.1 Å². The van der Waals surface area contributed by atoms with Gasteiger partial charge in [0.05, 0.1) is 0 Å². The molecule has 0 saturated carbocycles. The number of nitriles is 2. The molecular formula is C3F3IN2O3S. The van der Waals surface area contributed by atoms with E-state index < -0.39 is 36.8 Å². The molecule has 0 amide bonds. The van der Waals surface area contributed by atoms with Gasteiger partial charge in [-0.05, 0) is 0 Å². The number of alkyl halides is 3. The van der Waals surface area contributed by atoms with E-state index in [1.165, 1.54) is 0 Å². The maximum Gasteiger partial charge on any atom is 0.541 e. The predicted molar refractivity (Wildman–Crippen MR) is 27.0 cm³/mol. The summed E-state index contributed by atoms with van der Waals surface area (Å²) in [4.78, 5) is 0. The molecule has 0 unspecified atom stereocenters. The Morgan fingerprint density at radius 1 is 1.23 bits per heavy atom. The minimum absolute atomic E-state index is 0.758. The van der Waals surface area contributed by atoms with E-state index in [1.54, 1.807) is 8.15 Å². The molecule has 0 N–H and O–H groups in total. The summed E-state index contributed by atoms with van der Waals surface area (Å²) in [6, 6.07) is 0. The van der Waals surface area contributed by atoms with Crippen molar-refractivity contribution in [1.29, 1.82) is 10.5 Å². The number of halogens is 4. The van der Waals surface area contributed by atoms with Crippen molar-refractivity contribution in [2.45, 2.75) is 5.51 Å². The van der Waals surface area contributed by atoms with Crippen molar-refractivity contribution in [2.75, 3.05) is 0 Å². The zero-order chi connectivity index (χ0) is 11.1. The first-order chi connectivity index (χ1) is 5.66. The molecule has 0 aliphatic rings. The number of nitrogens with zero attached hydrogens (tertiary/aromatic N) is 2. The first-order valence-electron chi connectivity index (χ1n) is 2.10. The Bertz CT molecular complexity index is 311. The molecule has 74 valence electrons. The van der Waals surface area contributed by atoms with Crippen molar-refractivity contribution in [3.8, 4) is 8.15 Å². The summed E-state index contributed by atoms with van der Waals surface area (Å²) in [5, 5.41) is 15.3. The van der Waals surface area contributed by atoms with Gasteiger partial charge in [0.25, 0.3) is 0 Å². The first-order valence-corrected chi connectivity index (χ1v) is 5.66. The summed E-state index contributed by atoms with van der Waals surface area (Å²) in [6.07, 6.45) is 0.